The fraction of sp³-hybridized carbons (Fsp3) is 1.00. The van der Waals surface area contributed by atoms with E-state index in [-0.39, 0.29) is 5.79 Å². The Morgan fingerprint density at radius 1 is 0.947 bits per heavy atom. The Kier molecular flexibility index (Phi) is 12.1. The fourth-order valence-corrected chi connectivity index (χ4v) is 2.71. The van der Waals surface area contributed by atoms with Crippen molar-refractivity contribution in [2.75, 3.05) is 20.1 Å². The van der Waals surface area contributed by atoms with Crippen LogP contribution in [0.25, 0.3) is 0 Å². The van der Waals surface area contributed by atoms with Crippen molar-refractivity contribution in [1.29, 1.82) is 0 Å². The number of halogens is 1. The van der Waals surface area contributed by atoms with Crippen molar-refractivity contribution in [3.8, 4) is 0 Å². The van der Waals surface area contributed by atoms with Gasteiger partial charge in [-0.15, -0.1) is 11.6 Å². The molecule has 0 aromatic carbocycles. The first-order valence-electron chi connectivity index (χ1n) is 7.80. The minimum Gasteiger partial charge on any atom is -0.353 e. The molecule has 0 amide bonds. The summed E-state index contributed by atoms with van der Waals surface area (Å²) in [6, 6.07) is 0. The van der Waals surface area contributed by atoms with Gasteiger partial charge in [0, 0.05) is 32.9 Å². The smallest absolute Gasteiger partial charge is 0.167 e. The third kappa shape index (κ3) is 8.88. The van der Waals surface area contributed by atoms with E-state index in [1.54, 1.807) is 14.2 Å². The molecule has 0 N–H and O–H groups in total. The van der Waals surface area contributed by atoms with Crippen LogP contribution in [-0.4, -0.2) is 25.9 Å². The van der Waals surface area contributed by atoms with Gasteiger partial charge in [-0.3, -0.25) is 0 Å². The van der Waals surface area contributed by atoms with Crippen molar-refractivity contribution in [1.82, 2.24) is 0 Å². The van der Waals surface area contributed by atoms with E-state index < -0.39 is 0 Å². The maximum Gasteiger partial charge on any atom is 0.167 e. The molecule has 0 aliphatic heterocycles. The molecule has 0 fully saturated rings. The molecule has 0 aliphatic carbocycles. The van der Waals surface area contributed by atoms with E-state index in [9.17, 15) is 0 Å². The minimum absolute atomic E-state index is 0.360. The van der Waals surface area contributed by atoms with Crippen LogP contribution in [0, 0.1) is 5.92 Å². The Hall–Kier alpha value is 0.210. The van der Waals surface area contributed by atoms with Crippen LogP contribution in [0.5, 0.6) is 0 Å². The standard InChI is InChI=1S/C16H33ClO2/c1-5-6-7-12-16(18-3,19-4)13-8-10-15(2)11-9-14-17/h15H,5-14H2,1-4H3. The van der Waals surface area contributed by atoms with Gasteiger partial charge in [-0.2, -0.15) is 0 Å². The van der Waals surface area contributed by atoms with Gasteiger partial charge in [0.1, 0.15) is 0 Å². The Morgan fingerprint density at radius 3 is 2.05 bits per heavy atom. The van der Waals surface area contributed by atoms with Crippen LogP contribution < -0.4 is 0 Å². The van der Waals surface area contributed by atoms with E-state index in [1.807, 2.05) is 0 Å². The zero-order chi connectivity index (χ0) is 14.6. The molecule has 3 heteroatoms. The van der Waals surface area contributed by atoms with Crippen LogP contribution in [0.15, 0.2) is 0 Å². The zero-order valence-corrected chi connectivity index (χ0v) is 14.1. The van der Waals surface area contributed by atoms with E-state index in [0.717, 1.165) is 37.5 Å². The van der Waals surface area contributed by atoms with E-state index in [2.05, 4.69) is 13.8 Å². The highest BCUT2D eigenvalue weighted by atomic mass is 35.5. The van der Waals surface area contributed by atoms with Crippen molar-refractivity contribution in [2.45, 2.75) is 77.4 Å². The van der Waals surface area contributed by atoms with Crippen molar-refractivity contribution >= 4 is 11.6 Å². The summed E-state index contributed by atoms with van der Waals surface area (Å²) in [4.78, 5) is 0. The molecule has 0 radical (unpaired) electrons. The van der Waals surface area contributed by atoms with Crippen molar-refractivity contribution in [3.63, 3.8) is 0 Å². The number of hydrogen-bond donors (Lipinski definition) is 0. The topological polar surface area (TPSA) is 18.5 Å². The van der Waals surface area contributed by atoms with Gasteiger partial charge in [0.25, 0.3) is 0 Å². The first-order chi connectivity index (χ1) is 9.14. The molecular formula is C16H33ClO2. The molecule has 116 valence electrons. The maximum atomic E-state index is 5.73. The average molecular weight is 293 g/mol. The van der Waals surface area contributed by atoms with E-state index in [1.165, 1.54) is 32.1 Å². The van der Waals surface area contributed by atoms with Gasteiger partial charge >= 0.3 is 0 Å². The van der Waals surface area contributed by atoms with E-state index in [4.69, 9.17) is 21.1 Å². The summed E-state index contributed by atoms with van der Waals surface area (Å²) in [7, 11) is 3.54. The molecule has 1 unspecified atom stereocenters. The number of rotatable bonds is 13. The number of alkyl halides is 1. The monoisotopic (exact) mass is 292 g/mol. The third-order valence-corrected chi connectivity index (χ3v) is 4.26. The molecule has 0 aromatic heterocycles. The van der Waals surface area contributed by atoms with Crippen molar-refractivity contribution < 1.29 is 9.47 Å². The first-order valence-corrected chi connectivity index (χ1v) is 8.33. The molecule has 1 atom stereocenters. The molecule has 0 saturated carbocycles. The second kappa shape index (κ2) is 12.0. The number of ether oxygens (including phenoxy) is 2. The second-order valence-corrected chi connectivity index (χ2v) is 5.98. The largest absolute Gasteiger partial charge is 0.353 e. The summed E-state index contributed by atoms with van der Waals surface area (Å²) in [6.45, 7) is 4.53. The second-order valence-electron chi connectivity index (χ2n) is 5.60. The van der Waals surface area contributed by atoms with Gasteiger partial charge in [0.15, 0.2) is 5.79 Å². The predicted octanol–water partition coefficient (Wildman–Crippen LogP) is 5.38. The molecule has 0 bridgehead atoms. The van der Waals surface area contributed by atoms with Gasteiger partial charge in [-0.1, -0.05) is 33.1 Å². The van der Waals surface area contributed by atoms with E-state index in [0.29, 0.717) is 0 Å². The Balaban J connectivity index is 3.98. The number of methoxy groups -OCH3 is 2. The molecule has 19 heavy (non-hydrogen) atoms. The highest BCUT2D eigenvalue weighted by Gasteiger charge is 2.28. The lowest BCUT2D eigenvalue weighted by Gasteiger charge is -2.31. The molecule has 0 saturated heterocycles. The normalized spacial score (nSPS) is 13.7. The number of unbranched alkanes of at least 4 members (excludes halogenated alkanes) is 2. The van der Waals surface area contributed by atoms with Gasteiger partial charge in [-0.25, -0.2) is 0 Å². The van der Waals surface area contributed by atoms with Gasteiger partial charge < -0.3 is 9.47 Å². The number of hydrogen-bond acceptors (Lipinski definition) is 2. The lowest BCUT2D eigenvalue weighted by molar-refractivity contribution is -0.216. The van der Waals surface area contributed by atoms with Crippen LogP contribution in [-0.2, 0) is 9.47 Å². The summed E-state index contributed by atoms with van der Waals surface area (Å²) < 4.78 is 11.3. The van der Waals surface area contributed by atoms with Gasteiger partial charge in [-0.05, 0) is 31.6 Å². The molecular weight excluding hydrogens is 260 g/mol. The summed E-state index contributed by atoms with van der Waals surface area (Å²) in [5, 5.41) is 0. The lowest BCUT2D eigenvalue weighted by atomic mass is 9.95. The van der Waals surface area contributed by atoms with Crippen molar-refractivity contribution in [2.24, 2.45) is 5.92 Å². The van der Waals surface area contributed by atoms with Gasteiger partial charge in [0.05, 0.1) is 0 Å². The van der Waals surface area contributed by atoms with Crippen LogP contribution >= 0.6 is 11.6 Å². The van der Waals surface area contributed by atoms with Crippen LogP contribution in [0.4, 0.5) is 0 Å². The summed E-state index contributed by atoms with van der Waals surface area (Å²) in [5.74, 6) is 1.17. The molecule has 0 aromatic rings. The summed E-state index contributed by atoms with van der Waals surface area (Å²) in [5.41, 5.74) is 0. The fourth-order valence-electron chi connectivity index (χ4n) is 2.55. The minimum atomic E-state index is -0.360. The SMILES string of the molecule is CCCCCC(CCCC(C)CCCCl)(OC)OC. The Bertz CT molecular complexity index is 193. The summed E-state index contributed by atoms with van der Waals surface area (Å²) >= 11 is 5.73. The predicted molar refractivity (Wildman–Crippen MR) is 83.9 cm³/mol. The lowest BCUT2D eigenvalue weighted by Crippen LogP contribution is -2.33. The highest BCUT2D eigenvalue weighted by molar-refractivity contribution is 6.17. The molecule has 0 heterocycles. The first kappa shape index (κ1) is 19.2. The highest BCUT2D eigenvalue weighted by Crippen LogP contribution is 2.28. The average Bonchev–Trinajstić information content (AvgIpc) is 2.43. The Morgan fingerprint density at radius 2 is 1.53 bits per heavy atom. The molecule has 0 rings (SSSR count). The molecule has 0 aliphatic rings. The van der Waals surface area contributed by atoms with E-state index >= 15 is 0 Å². The molecule has 0 spiro atoms. The maximum absolute atomic E-state index is 5.73. The Labute approximate surface area is 125 Å². The van der Waals surface area contributed by atoms with Crippen molar-refractivity contribution in [3.05, 3.63) is 0 Å². The zero-order valence-electron chi connectivity index (χ0n) is 13.3. The van der Waals surface area contributed by atoms with Crippen LogP contribution in [0.3, 0.4) is 0 Å². The van der Waals surface area contributed by atoms with Crippen LogP contribution in [0.2, 0.25) is 0 Å². The van der Waals surface area contributed by atoms with Gasteiger partial charge in [0.2, 0.25) is 0 Å². The van der Waals surface area contributed by atoms with Crippen LogP contribution in [0.1, 0.15) is 71.6 Å². The quantitative estimate of drug-likeness (QED) is 0.258. The summed E-state index contributed by atoms with van der Waals surface area (Å²) in [6.07, 6.45) is 10.4. The molecule has 2 nitrogen and oxygen atoms in total. The third-order valence-electron chi connectivity index (χ3n) is 3.99.